The number of piperidine rings is 1. The number of likely N-dealkylation sites (N-methyl/N-ethyl adjacent to an activating group) is 1. The van der Waals surface area contributed by atoms with Crippen molar-refractivity contribution in [2.75, 3.05) is 31.6 Å². The van der Waals surface area contributed by atoms with E-state index in [1.54, 1.807) is 18.1 Å². The third-order valence-electron chi connectivity index (χ3n) is 5.09. The van der Waals surface area contributed by atoms with E-state index in [0.717, 1.165) is 29.9 Å². The summed E-state index contributed by atoms with van der Waals surface area (Å²) in [6, 6.07) is 13.7. The first-order chi connectivity index (χ1) is 12.5. The molecule has 26 heavy (non-hydrogen) atoms. The van der Waals surface area contributed by atoms with Crippen LogP contribution in [-0.4, -0.2) is 53.2 Å². The van der Waals surface area contributed by atoms with Crippen LogP contribution in [0, 0.1) is 6.92 Å². The summed E-state index contributed by atoms with van der Waals surface area (Å²) in [5, 5.41) is 11.1. The number of aryl methyl sites for hydroxylation is 1. The highest BCUT2D eigenvalue weighted by atomic mass is 16.3. The highest BCUT2D eigenvalue weighted by Crippen LogP contribution is 2.25. The van der Waals surface area contributed by atoms with E-state index < -0.39 is 5.60 Å². The minimum atomic E-state index is -0.911. The fourth-order valence-corrected chi connectivity index (χ4v) is 3.61. The van der Waals surface area contributed by atoms with Gasteiger partial charge in [0.2, 0.25) is 5.91 Å². The Kier molecular flexibility index (Phi) is 5.57. The minimum Gasteiger partial charge on any atom is -0.386 e. The van der Waals surface area contributed by atoms with E-state index in [-0.39, 0.29) is 5.91 Å². The Morgan fingerprint density at radius 1 is 1.27 bits per heavy atom. The van der Waals surface area contributed by atoms with Crippen LogP contribution in [0.5, 0.6) is 0 Å². The SMILES string of the molecule is Cc1ccccc1CC(=O)N(C)C[C@]1(O)CCCN(c2ccccn2)C1. The van der Waals surface area contributed by atoms with Crippen LogP contribution in [0.25, 0.3) is 0 Å². The maximum absolute atomic E-state index is 12.6. The first-order valence-corrected chi connectivity index (χ1v) is 9.14. The number of hydrogen-bond acceptors (Lipinski definition) is 4. The number of carbonyl (C=O) groups is 1. The van der Waals surface area contributed by atoms with E-state index in [4.69, 9.17) is 0 Å². The van der Waals surface area contributed by atoms with Gasteiger partial charge < -0.3 is 14.9 Å². The summed E-state index contributed by atoms with van der Waals surface area (Å²) in [4.78, 5) is 20.8. The number of benzene rings is 1. The number of aliphatic hydroxyl groups is 1. The van der Waals surface area contributed by atoms with Gasteiger partial charge in [-0.1, -0.05) is 30.3 Å². The van der Waals surface area contributed by atoms with Crippen molar-refractivity contribution in [2.45, 2.75) is 31.8 Å². The summed E-state index contributed by atoms with van der Waals surface area (Å²) in [7, 11) is 1.78. The lowest BCUT2D eigenvalue weighted by molar-refractivity contribution is -0.132. The molecule has 3 rings (SSSR count). The highest BCUT2D eigenvalue weighted by Gasteiger charge is 2.35. The molecule has 0 bridgehead atoms. The van der Waals surface area contributed by atoms with Crippen LogP contribution in [0.2, 0.25) is 0 Å². The molecule has 1 amide bonds. The summed E-state index contributed by atoms with van der Waals surface area (Å²) >= 11 is 0. The zero-order chi connectivity index (χ0) is 18.6. The molecule has 1 aliphatic rings. The molecule has 5 heteroatoms. The molecule has 2 heterocycles. The first kappa shape index (κ1) is 18.4. The Labute approximate surface area is 155 Å². The Morgan fingerprint density at radius 2 is 2.04 bits per heavy atom. The van der Waals surface area contributed by atoms with Crippen LogP contribution in [0.15, 0.2) is 48.7 Å². The second kappa shape index (κ2) is 7.87. The van der Waals surface area contributed by atoms with Gasteiger partial charge >= 0.3 is 0 Å². The normalized spacial score (nSPS) is 20.0. The molecule has 1 aromatic heterocycles. The number of aromatic nitrogens is 1. The van der Waals surface area contributed by atoms with Gasteiger partial charge in [-0.15, -0.1) is 0 Å². The lowest BCUT2D eigenvalue weighted by atomic mass is 9.92. The third kappa shape index (κ3) is 4.41. The number of pyridine rings is 1. The molecular weight excluding hydrogens is 326 g/mol. The number of rotatable bonds is 5. The predicted octanol–water partition coefficient (Wildman–Crippen LogP) is 2.42. The molecule has 0 radical (unpaired) electrons. The lowest BCUT2D eigenvalue weighted by Crippen LogP contribution is -2.55. The van der Waals surface area contributed by atoms with Crippen molar-refractivity contribution < 1.29 is 9.90 Å². The summed E-state index contributed by atoms with van der Waals surface area (Å²) in [6.07, 6.45) is 3.70. The number of hydrogen-bond donors (Lipinski definition) is 1. The number of β-amino-alcohol motifs (C(OH)–C–C–N with tert-alkyl or cyclic N) is 1. The summed E-state index contributed by atoms with van der Waals surface area (Å²) < 4.78 is 0. The maximum Gasteiger partial charge on any atom is 0.226 e. The van der Waals surface area contributed by atoms with Crippen molar-refractivity contribution in [1.29, 1.82) is 0 Å². The van der Waals surface area contributed by atoms with Crippen LogP contribution < -0.4 is 4.90 Å². The van der Waals surface area contributed by atoms with Crippen molar-refractivity contribution in [2.24, 2.45) is 0 Å². The van der Waals surface area contributed by atoms with Gasteiger partial charge in [-0.2, -0.15) is 0 Å². The molecule has 1 atom stereocenters. The Morgan fingerprint density at radius 3 is 2.77 bits per heavy atom. The van der Waals surface area contributed by atoms with E-state index in [1.165, 1.54) is 0 Å². The first-order valence-electron chi connectivity index (χ1n) is 9.14. The molecule has 0 aliphatic carbocycles. The third-order valence-corrected chi connectivity index (χ3v) is 5.09. The highest BCUT2D eigenvalue weighted by molar-refractivity contribution is 5.79. The Bertz CT molecular complexity index is 750. The fourth-order valence-electron chi connectivity index (χ4n) is 3.61. The van der Waals surface area contributed by atoms with Crippen molar-refractivity contribution in [3.8, 4) is 0 Å². The molecule has 0 spiro atoms. The van der Waals surface area contributed by atoms with Crippen molar-refractivity contribution in [3.63, 3.8) is 0 Å². The standard InChI is InChI=1S/C21H27N3O2/c1-17-8-3-4-9-18(17)14-20(25)23(2)15-21(26)11-7-13-24(16-21)19-10-5-6-12-22-19/h3-6,8-10,12,26H,7,11,13-16H2,1-2H3/t21-/m1/s1. The zero-order valence-electron chi connectivity index (χ0n) is 15.6. The van der Waals surface area contributed by atoms with E-state index in [1.807, 2.05) is 49.4 Å². The van der Waals surface area contributed by atoms with Gasteiger partial charge in [-0.05, 0) is 43.0 Å². The Hall–Kier alpha value is -2.40. The molecule has 1 aromatic carbocycles. The van der Waals surface area contributed by atoms with E-state index in [2.05, 4.69) is 9.88 Å². The monoisotopic (exact) mass is 353 g/mol. The molecule has 138 valence electrons. The van der Waals surface area contributed by atoms with Crippen LogP contribution in [-0.2, 0) is 11.2 Å². The predicted molar refractivity (Wildman–Crippen MR) is 103 cm³/mol. The van der Waals surface area contributed by atoms with Gasteiger partial charge in [0.05, 0.1) is 18.6 Å². The largest absolute Gasteiger partial charge is 0.386 e. The van der Waals surface area contributed by atoms with E-state index >= 15 is 0 Å². The molecular formula is C21H27N3O2. The van der Waals surface area contributed by atoms with Gasteiger partial charge in [-0.25, -0.2) is 4.98 Å². The number of nitrogens with zero attached hydrogens (tertiary/aromatic N) is 3. The molecule has 1 fully saturated rings. The molecule has 0 saturated carbocycles. The van der Waals surface area contributed by atoms with Gasteiger partial charge in [0.15, 0.2) is 0 Å². The molecule has 1 saturated heterocycles. The lowest BCUT2D eigenvalue weighted by Gasteiger charge is -2.41. The smallest absolute Gasteiger partial charge is 0.226 e. The number of amides is 1. The average molecular weight is 353 g/mol. The second-order valence-electron chi connectivity index (χ2n) is 7.29. The van der Waals surface area contributed by atoms with Crippen LogP contribution in [0.3, 0.4) is 0 Å². The zero-order valence-corrected chi connectivity index (χ0v) is 15.6. The maximum atomic E-state index is 12.6. The van der Waals surface area contributed by atoms with Crippen molar-refractivity contribution in [1.82, 2.24) is 9.88 Å². The van der Waals surface area contributed by atoms with Crippen molar-refractivity contribution in [3.05, 3.63) is 59.8 Å². The van der Waals surface area contributed by atoms with Crippen molar-refractivity contribution >= 4 is 11.7 Å². The minimum absolute atomic E-state index is 0.0303. The van der Waals surface area contributed by atoms with E-state index in [0.29, 0.717) is 25.9 Å². The molecule has 1 aliphatic heterocycles. The molecule has 1 N–H and O–H groups in total. The quantitative estimate of drug-likeness (QED) is 0.897. The number of carbonyl (C=O) groups excluding carboxylic acids is 1. The van der Waals surface area contributed by atoms with Gasteiger partial charge in [0, 0.05) is 26.3 Å². The molecule has 0 unspecified atom stereocenters. The van der Waals surface area contributed by atoms with Crippen LogP contribution in [0.1, 0.15) is 24.0 Å². The summed E-state index contributed by atoms with van der Waals surface area (Å²) in [5.74, 6) is 0.905. The van der Waals surface area contributed by atoms with Crippen LogP contribution >= 0.6 is 0 Å². The molecule has 5 nitrogen and oxygen atoms in total. The average Bonchev–Trinajstić information content (AvgIpc) is 2.64. The second-order valence-corrected chi connectivity index (χ2v) is 7.29. The molecule has 2 aromatic rings. The number of anilines is 1. The topological polar surface area (TPSA) is 56.7 Å². The summed E-state index contributed by atoms with van der Waals surface area (Å²) in [5.41, 5.74) is 1.24. The van der Waals surface area contributed by atoms with E-state index in [9.17, 15) is 9.90 Å². The van der Waals surface area contributed by atoms with Gasteiger partial charge in [-0.3, -0.25) is 4.79 Å². The van der Waals surface area contributed by atoms with Gasteiger partial charge in [0.25, 0.3) is 0 Å². The fraction of sp³-hybridized carbons (Fsp3) is 0.429. The van der Waals surface area contributed by atoms with Crippen LogP contribution in [0.4, 0.5) is 5.82 Å². The van der Waals surface area contributed by atoms with Gasteiger partial charge in [0.1, 0.15) is 5.82 Å². The Balaban J connectivity index is 1.63. The summed E-state index contributed by atoms with van der Waals surface area (Å²) in [6.45, 7) is 3.72.